The molecule has 0 radical (unpaired) electrons. The molecule has 1 aromatic carbocycles. The van der Waals surface area contributed by atoms with Crippen molar-refractivity contribution in [1.29, 1.82) is 0 Å². The van der Waals surface area contributed by atoms with Crippen molar-refractivity contribution in [2.24, 2.45) is 0 Å². The van der Waals surface area contributed by atoms with Crippen LogP contribution >= 0.6 is 15.9 Å². The summed E-state index contributed by atoms with van der Waals surface area (Å²) in [6.45, 7) is 0.957. The molecule has 94 valence electrons. The van der Waals surface area contributed by atoms with Gasteiger partial charge in [0.25, 0.3) is 5.91 Å². The predicted octanol–water partition coefficient (Wildman–Crippen LogP) is 0.504. The van der Waals surface area contributed by atoms with Crippen LogP contribution in [0.25, 0.3) is 0 Å². The molecule has 1 amide bonds. The van der Waals surface area contributed by atoms with Gasteiger partial charge in [-0.2, -0.15) is 0 Å². The number of rotatable bonds is 4. The number of nitrogens with one attached hydrogen (secondary N) is 1. The summed E-state index contributed by atoms with van der Waals surface area (Å²) in [7, 11) is 0. The molecule has 6 heteroatoms. The monoisotopic (exact) mass is 302 g/mol. The van der Waals surface area contributed by atoms with E-state index in [2.05, 4.69) is 21.2 Å². The van der Waals surface area contributed by atoms with Crippen LogP contribution in [-0.2, 0) is 0 Å². The average Bonchev–Trinajstić information content (AvgIpc) is 2.26. The second kappa shape index (κ2) is 5.48. The van der Waals surface area contributed by atoms with Crippen LogP contribution in [0.4, 0.5) is 5.69 Å². The zero-order chi connectivity index (χ0) is 13.1. The van der Waals surface area contributed by atoms with Crippen molar-refractivity contribution in [3.8, 4) is 0 Å². The highest BCUT2D eigenvalue weighted by molar-refractivity contribution is 9.10. The topological polar surface area (TPSA) is 95.6 Å². The van der Waals surface area contributed by atoms with Gasteiger partial charge in [0.1, 0.15) is 5.60 Å². The number of nitrogens with two attached hydrogens (primary N) is 1. The van der Waals surface area contributed by atoms with E-state index < -0.39 is 12.2 Å². The van der Waals surface area contributed by atoms with E-state index in [0.717, 1.165) is 4.47 Å². The molecule has 0 heterocycles. The van der Waals surface area contributed by atoms with Crippen LogP contribution in [0.3, 0.4) is 0 Å². The molecule has 0 saturated carbocycles. The van der Waals surface area contributed by atoms with E-state index in [4.69, 9.17) is 10.8 Å². The SMILES string of the molecule is CC(O)(CO)CNC(=O)c1ccc(Br)cc1N. The molecule has 0 aliphatic rings. The van der Waals surface area contributed by atoms with Gasteiger partial charge in [-0.25, -0.2) is 0 Å². The predicted molar refractivity (Wildman–Crippen MR) is 68.6 cm³/mol. The number of hydrogen-bond acceptors (Lipinski definition) is 4. The first-order valence-corrected chi connectivity index (χ1v) is 5.81. The first-order valence-electron chi connectivity index (χ1n) is 5.02. The van der Waals surface area contributed by atoms with Crippen molar-refractivity contribution >= 4 is 27.5 Å². The van der Waals surface area contributed by atoms with E-state index in [-0.39, 0.29) is 12.5 Å². The zero-order valence-corrected chi connectivity index (χ0v) is 11.0. The number of halogens is 1. The lowest BCUT2D eigenvalue weighted by Crippen LogP contribution is -2.43. The summed E-state index contributed by atoms with van der Waals surface area (Å²) in [4.78, 5) is 11.7. The maximum Gasteiger partial charge on any atom is 0.253 e. The van der Waals surface area contributed by atoms with Crippen LogP contribution < -0.4 is 11.1 Å². The van der Waals surface area contributed by atoms with Crippen molar-refractivity contribution in [3.63, 3.8) is 0 Å². The van der Waals surface area contributed by atoms with E-state index in [9.17, 15) is 9.90 Å². The summed E-state index contributed by atoms with van der Waals surface area (Å²) in [5, 5.41) is 20.9. The standard InChI is InChI=1S/C11H15BrN2O3/c1-11(17,6-15)5-14-10(16)8-3-2-7(12)4-9(8)13/h2-4,15,17H,5-6,13H2,1H3,(H,14,16). The second-order valence-corrected chi connectivity index (χ2v) is 4.98. The fraction of sp³-hybridized carbons (Fsp3) is 0.364. The molecule has 0 bridgehead atoms. The highest BCUT2D eigenvalue weighted by atomic mass is 79.9. The number of aliphatic hydroxyl groups is 2. The summed E-state index contributed by atoms with van der Waals surface area (Å²) in [6.07, 6.45) is 0. The van der Waals surface area contributed by atoms with Crippen LogP contribution in [0.15, 0.2) is 22.7 Å². The van der Waals surface area contributed by atoms with Gasteiger partial charge in [0.2, 0.25) is 0 Å². The molecule has 0 aliphatic heterocycles. The summed E-state index contributed by atoms with van der Waals surface area (Å²) in [6, 6.07) is 4.91. The van der Waals surface area contributed by atoms with Crippen LogP contribution in [-0.4, -0.2) is 34.9 Å². The Morgan fingerprint density at radius 3 is 2.76 bits per heavy atom. The van der Waals surface area contributed by atoms with Crippen molar-refractivity contribution in [2.75, 3.05) is 18.9 Å². The van der Waals surface area contributed by atoms with Gasteiger partial charge in [-0.1, -0.05) is 15.9 Å². The maximum absolute atomic E-state index is 11.7. The Kier molecular flexibility index (Phi) is 4.50. The zero-order valence-electron chi connectivity index (χ0n) is 9.40. The van der Waals surface area contributed by atoms with Gasteiger partial charge in [0, 0.05) is 16.7 Å². The summed E-state index contributed by atoms with van der Waals surface area (Å²) in [5.41, 5.74) is 5.04. The summed E-state index contributed by atoms with van der Waals surface area (Å²) >= 11 is 3.24. The number of hydrogen-bond donors (Lipinski definition) is 4. The fourth-order valence-corrected chi connectivity index (χ4v) is 1.54. The highest BCUT2D eigenvalue weighted by Crippen LogP contribution is 2.18. The van der Waals surface area contributed by atoms with Gasteiger partial charge in [-0.05, 0) is 25.1 Å². The lowest BCUT2D eigenvalue weighted by molar-refractivity contribution is 0.00321. The number of aliphatic hydroxyl groups excluding tert-OH is 1. The first-order chi connectivity index (χ1) is 7.85. The number of amides is 1. The van der Waals surface area contributed by atoms with Gasteiger partial charge >= 0.3 is 0 Å². The normalized spacial score (nSPS) is 14.1. The molecule has 0 saturated heterocycles. The number of anilines is 1. The lowest BCUT2D eigenvalue weighted by Gasteiger charge is -2.20. The Morgan fingerprint density at radius 2 is 2.24 bits per heavy atom. The molecule has 0 aromatic heterocycles. The van der Waals surface area contributed by atoms with E-state index in [0.29, 0.717) is 11.3 Å². The lowest BCUT2D eigenvalue weighted by atomic mass is 10.1. The fourth-order valence-electron chi connectivity index (χ4n) is 1.16. The summed E-state index contributed by atoms with van der Waals surface area (Å²) in [5.74, 6) is -0.385. The summed E-state index contributed by atoms with van der Waals surface area (Å²) < 4.78 is 0.786. The third-order valence-electron chi connectivity index (χ3n) is 2.23. The Morgan fingerprint density at radius 1 is 1.59 bits per heavy atom. The van der Waals surface area contributed by atoms with Gasteiger partial charge in [-0.3, -0.25) is 4.79 Å². The molecule has 17 heavy (non-hydrogen) atoms. The largest absolute Gasteiger partial charge is 0.398 e. The minimum atomic E-state index is -1.33. The Bertz CT molecular complexity index is 421. The van der Waals surface area contributed by atoms with Crippen LogP contribution in [0, 0.1) is 0 Å². The third-order valence-corrected chi connectivity index (χ3v) is 2.72. The molecule has 5 N–H and O–H groups in total. The number of carbonyl (C=O) groups is 1. The number of benzene rings is 1. The van der Waals surface area contributed by atoms with Gasteiger partial charge in [0.15, 0.2) is 0 Å². The third kappa shape index (κ3) is 3.99. The highest BCUT2D eigenvalue weighted by Gasteiger charge is 2.20. The van der Waals surface area contributed by atoms with Crippen molar-refractivity contribution in [3.05, 3.63) is 28.2 Å². The number of nitrogen functional groups attached to an aromatic ring is 1. The van der Waals surface area contributed by atoms with E-state index in [1.807, 2.05) is 0 Å². The average molecular weight is 303 g/mol. The van der Waals surface area contributed by atoms with Gasteiger partial charge < -0.3 is 21.3 Å². The molecule has 1 aromatic rings. The van der Waals surface area contributed by atoms with Crippen molar-refractivity contribution in [2.45, 2.75) is 12.5 Å². The minimum absolute atomic E-state index is 0.0438. The molecule has 1 atom stereocenters. The molecule has 5 nitrogen and oxygen atoms in total. The maximum atomic E-state index is 11.7. The van der Waals surface area contributed by atoms with E-state index in [1.165, 1.54) is 6.92 Å². The molecule has 0 fully saturated rings. The van der Waals surface area contributed by atoms with Gasteiger partial charge in [-0.15, -0.1) is 0 Å². The van der Waals surface area contributed by atoms with Crippen molar-refractivity contribution in [1.82, 2.24) is 5.32 Å². The van der Waals surface area contributed by atoms with E-state index in [1.54, 1.807) is 18.2 Å². The van der Waals surface area contributed by atoms with E-state index >= 15 is 0 Å². The Balaban J connectivity index is 2.71. The molecule has 1 unspecified atom stereocenters. The molecule has 0 spiro atoms. The second-order valence-electron chi connectivity index (χ2n) is 4.07. The minimum Gasteiger partial charge on any atom is -0.398 e. The number of carbonyl (C=O) groups excluding carboxylic acids is 1. The van der Waals surface area contributed by atoms with Crippen LogP contribution in [0.5, 0.6) is 0 Å². The quantitative estimate of drug-likeness (QED) is 0.609. The molecular formula is C11H15BrN2O3. The molecule has 0 aliphatic carbocycles. The van der Waals surface area contributed by atoms with Gasteiger partial charge in [0.05, 0.1) is 12.2 Å². The van der Waals surface area contributed by atoms with Crippen LogP contribution in [0.1, 0.15) is 17.3 Å². The first kappa shape index (κ1) is 14.0. The van der Waals surface area contributed by atoms with Crippen molar-refractivity contribution < 1.29 is 15.0 Å². The Hall–Kier alpha value is -1.11. The molecule has 1 rings (SSSR count). The molecular weight excluding hydrogens is 288 g/mol. The smallest absolute Gasteiger partial charge is 0.253 e. The van der Waals surface area contributed by atoms with Crippen LogP contribution in [0.2, 0.25) is 0 Å². The Labute approximate surface area is 108 Å².